The van der Waals surface area contributed by atoms with E-state index >= 15 is 0 Å². The maximum atomic E-state index is 12.5. The lowest BCUT2D eigenvalue weighted by molar-refractivity contribution is 0.0666. The quantitative estimate of drug-likeness (QED) is 0.872. The second-order valence-electron chi connectivity index (χ2n) is 5.83. The molecule has 0 spiro atoms. The molecule has 114 valence electrons. The first-order valence-corrected chi connectivity index (χ1v) is 7.70. The van der Waals surface area contributed by atoms with Gasteiger partial charge in [0.15, 0.2) is 0 Å². The molecule has 3 heterocycles. The molecule has 0 N–H and O–H groups in total. The minimum atomic E-state index is -0.0155. The highest BCUT2D eigenvalue weighted by molar-refractivity contribution is 5.92. The number of likely N-dealkylation sites (tertiary alicyclic amines) is 1. The van der Waals surface area contributed by atoms with E-state index in [2.05, 4.69) is 15.0 Å². The highest BCUT2D eigenvalue weighted by atomic mass is 16.2. The van der Waals surface area contributed by atoms with Crippen molar-refractivity contribution in [3.63, 3.8) is 0 Å². The molecule has 1 atom stereocenters. The van der Waals surface area contributed by atoms with Crippen LogP contribution in [-0.2, 0) is 6.42 Å². The Morgan fingerprint density at radius 2 is 2.18 bits per heavy atom. The molecule has 0 bridgehead atoms. The number of aromatic nitrogens is 3. The number of aryl methyl sites for hydroxylation is 1. The minimum Gasteiger partial charge on any atom is -0.337 e. The third-order valence-electron chi connectivity index (χ3n) is 4.03. The zero-order valence-corrected chi connectivity index (χ0v) is 12.8. The van der Waals surface area contributed by atoms with Crippen LogP contribution in [0.3, 0.4) is 0 Å². The second kappa shape index (κ2) is 6.64. The highest BCUT2D eigenvalue weighted by Crippen LogP contribution is 2.21. The van der Waals surface area contributed by atoms with Crippen LogP contribution in [0.25, 0.3) is 0 Å². The van der Waals surface area contributed by atoms with Crippen LogP contribution in [0.1, 0.15) is 34.7 Å². The van der Waals surface area contributed by atoms with Gasteiger partial charge in [-0.05, 0) is 44.2 Å². The molecule has 0 saturated carbocycles. The summed E-state index contributed by atoms with van der Waals surface area (Å²) in [7, 11) is 0. The zero-order valence-electron chi connectivity index (χ0n) is 12.8. The summed E-state index contributed by atoms with van der Waals surface area (Å²) in [5, 5.41) is 0. The first-order chi connectivity index (χ1) is 10.7. The summed E-state index contributed by atoms with van der Waals surface area (Å²) in [4.78, 5) is 27.2. The molecule has 1 aliphatic rings. The lowest BCUT2D eigenvalue weighted by atomic mass is 9.93. The molecule has 0 radical (unpaired) electrons. The van der Waals surface area contributed by atoms with Crippen molar-refractivity contribution < 1.29 is 4.79 Å². The average Bonchev–Trinajstić information content (AvgIpc) is 2.56. The van der Waals surface area contributed by atoms with Crippen molar-refractivity contribution in [2.75, 3.05) is 13.1 Å². The van der Waals surface area contributed by atoms with E-state index in [1.807, 2.05) is 36.2 Å². The van der Waals surface area contributed by atoms with E-state index in [1.54, 1.807) is 12.4 Å². The molecule has 5 nitrogen and oxygen atoms in total. The van der Waals surface area contributed by atoms with Crippen molar-refractivity contribution in [1.82, 2.24) is 19.9 Å². The summed E-state index contributed by atoms with van der Waals surface area (Å²) in [5.74, 6) is 0.448. The summed E-state index contributed by atoms with van der Waals surface area (Å²) in [5.41, 5.74) is 2.35. The van der Waals surface area contributed by atoms with E-state index in [0.717, 1.165) is 43.7 Å². The van der Waals surface area contributed by atoms with E-state index in [1.165, 1.54) is 0 Å². The number of pyridine rings is 1. The van der Waals surface area contributed by atoms with Crippen LogP contribution < -0.4 is 0 Å². The van der Waals surface area contributed by atoms with Crippen molar-refractivity contribution in [2.24, 2.45) is 5.92 Å². The van der Waals surface area contributed by atoms with Crippen molar-refractivity contribution in [3.05, 3.63) is 53.9 Å². The third kappa shape index (κ3) is 3.47. The largest absolute Gasteiger partial charge is 0.337 e. The molecule has 0 aromatic carbocycles. The summed E-state index contributed by atoms with van der Waals surface area (Å²) in [6, 6.07) is 5.98. The Balaban J connectivity index is 1.65. The minimum absolute atomic E-state index is 0.0155. The van der Waals surface area contributed by atoms with Crippen LogP contribution in [0, 0.1) is 12.8 Å². The molecule has 1 amide bonds. The van der Waals surface area contributed by atoms with Gasteiger partial charge in [-0.2, -0.15) is 0 Å². The molecule has 2 aromatic rings. The molecular formula is C17H20N4O. The van der Waals surface area contributed by atoms with Gasteiger partial charge in [-0.25, -0.2) is 4.98 Å². The zero-order chi connectivity index (χ0) is 15.4. The second-order valence-corrected chi connectivity index (χ2v) is 5.83. The van der Waals surface area contributed by atoms with Gasteiger partial charge in [-0.15, -0.1) is 0 Å². The molecule has 1 fully saturated rings. The Morgan fingerprint density at radius 1 is 1.27 bits per heavy atom. The number of amides is 1. The van der Waals surface area contributed by atoms with Crippen molar-refractivity contribution in [1.29, 1.82) is 0 Å². The molecular weight excluding hydrogens is 276 g/mol. The van der Waals surface area contributed by atoms with Crippen molar-refractivity contribution in [3.8, 4) is 0 Å². The Kier molecular flexibility index (Phi) is 4.42. The number of hydrogen-bond acceptors (Lipinski definition) is 4. The monoisotopic (exact) mass is 296 g/mol. The van der Waals surface area contributed by atoms with Gasteiger partial charge in [0.2, 0.25) is 0 Å². The lowest BCUT2D eigenvalue weighted by Gasteiger charge is -2.32. The fourth-order valence-corrected chi connectivity index (χ4v) is 2.90. The maximum Gasteiger partial charge on any atom is 0.274 e. The number of nitrogens with zero attached hydrogens (tertiary/aromatic N) is 4. The molecule has 1 unspecified atom stereocenters. The molecule has 5 heteroatoms. The fraction of sp³-hybridized carbons (Fsp3) is 0.412. The third-order valence-corrected chi connectivity index (χ3v) is 4.03. The highest BCUT2D eigenvalue weighted by Gasteiger charge is 2.25. The summed E-state index contributed by atoms with van der Waals surface area (Å²) in [6.07, 6.45) is 8.12. The summed E-state index contributed by atoms with van der Waals surface area (Å²) < 4.78 is 0. The topological polar surface area (TPSA) is 59.0 Å². The van der Waals surface area contributed by atoms with Crippen molar-refractivity contribution in [2.45, 2.75) is 26.2 Å². The number of carbonyl (C=O) groups is 1. The smallest absolute Gasteiger partial charge is 0.274 e. The normalized spacial score (nSPS) is 18.2. The first kappa shape index (κ1) is 14.6. The van der Waals surface area contributed by atoms with Gasteiger partial charge < -0.3 is 4.90 Å². The fourth-order valence-electron chi connectivity index (χ4n) is 2.90. The van der Waals surface area contributed by atoms with E-state index in [9.17, 15) is 4.79 Å². The predicted molar refractivity (Wildman–Crippen MR) is 83.3 cm³/mol. The molecule has 0 aliphatic carbocycles. The van der Waals surface area contributed by atoms with Crippen LogP contribution in [0.2, 0.25) is 0 Å². The van der Waals surface area contributed by atoms with Gasteiger partial charge >= 0.3 is 0 Å². The van der Waals surface area contributed by atoms with E-state index < -0.39 is 0 Å². The number of carbonyl (C=O) groups excluding carboxylic acids is 1. The Morgan fingerprint density at radius 3 is 2.91 bits per heavy atom. The Hall–Kier alpha value is -2.30. The maximum absolute atomic E-state index is 12.5. The van der Waals surface area contributed by atoms with Gasteiger partial charge in [-0.1, -0.05) is 6.07 Å². The predicted octanol–water partition coefficient (Wildman–Crippen LogP) is 2.27. The van der Waals surface area contributed by atoms with Crippen LogP contribution in [0.5, 0.6) is 0 Å². The van der Waals surface area contributed by atoms with Gasteiger partial charge in [0.25, 0.3) is 5.91 Å². The summed E-state index contributed by atoms with van der Waals surface area (Å²) in [6.45, 7) is 3.43. The van der Waals surface area contributed by atoms with Gasteiger partial charge in [-0.3, -0.25) is 14.8 Å². The van der Waals surface area contributed by atoms with Crippen molar-refractivity contribution >= 4 is 5.91 Å². The lowest BCUT2D eigenvalue weighted by Crippen LogP contribution is -2.41. The summed E-state index contributed by atoms with van der Waals surface area (Å²) >= 11 is 0. The van der Waals surface area contributed by atoms with Crippen LogP contribution in [0.15, 0.2) is 36.8 Å². The SMILES string of the molecule is Cc1cnc(C(=O)N2CCCC(Cc3ccccn3)C2)cn1. The first-order valence-electron chi connectivity index (χ1n) is 7.70. The molecule has 22 heavy (non-hydrogen) atoms. The molecule has 1 aliphatic heterocycles. The molecule has 3 rings (SSSR count). The Bertz CT molecular complexity index is 627. The van der Waals surface area contributed by atoms with Crippen LogP contribution >= 0.6 is 0 Å². The van der Waals surface area contributed by atoms with Gasteiger partial charge in [0.1, 0.15) is 5.69 Å². The van der Waals surface area contributed by atoms with Gasteiger partial charge in [0.05, 0.1) is 11.9 Å². The van der Waals surface area contributed by atoms with E-state index in [0.29, 0.717) is 11.6 Å². The Labute approximate surface area is 130 Å². The standard InChI is InChI=1S/C17H20N4O/c1-13-10-20-16(11-19-13)17(22)21-8-4-5-14(12-21)9-15-6-2-3-7-18-15/h2-3,6-7,10-11,14H,4-5,8-9,12H2,1H3. The number of rotatable bonds is 3. The van der Waals surface area contributed by atoms with E-state index in [4.69, 9.17) is 0 Å². The number of piperidine rings is 1. The molecule has 2 aromatic heterocycles. The average molecular weight is 296 g/mol. The number of hydrogen-bond donors (Lipinski definition) is 0. The van der Waals surface area contributed by atoms with E-state index in [-0.39, 0.29) is 5.91 Å². The van der Waals surface area contributed by atoms with Crippen LogP contribution in [-0.4, -0.2) is 38.8 Å². The van der Waals surface area contributed by atoms with Crippen LogP contribution in [0.4, 0.5) is 0 Å². The van der Waals surface area contributed by atoms with Gasteiger partial charge in [0, 0.05) is 31.2 Å². The molecule has 1 saturated heterocycles.